The number of nitrogens with zero attached hydrogens (tertiary/aromatic N) is 2. The standard InChI is InChI=1S/C14H16FN3O/c1-11(18-9-3-7-17-18)14(19)16-8-6-12-4-2-5-13(15)10-12/h2-5,7,9-11H,6,8H2,1H3,(H,16,19). The molecule has 0 radical (unpaired) electrons. The number of rotatable bonds is 5. The predicted octanol–water partition coefficient (Wildman–Crippen LogP) is 1.94. The zero-order valence-electron chi connectivity index (χ0n) is 10.7. The van der Waals surface area contributed by atoms with Gasteiger partial charge in [-0.2, -0.15) is 5.10 Å². The fourth-order valence-electron chi connectivity index (χ4n) is 1.80. The fourth-order valence-corrected chi connectivity index (χ4v) is 1.80. The highest BCUT2D eigenvalue weighted by molar-refractivity contribution is 5.79. The molecule has 0 saturated heterocycles. The quantitative estimate of drug-likeness (QED) is 0.894. The lowest BCUT2D eigenvalue weighted by molar-refractivity contribution is -0.124. The molecule has 1 amide bonds. The van der Waals surface area contributed by atoms with Gasteiger partial charge in [0.25, 0.3) is 0 Å². The second-order valence-electron chi connectivity index (χ2n) is 4.33. The molecule has 5 heteroatoms. The lowest BCUT2D eigenvalue weighted by atomic mass is 10.1. The van der Waals surface area contributed by atoms with Crippen molar-refractivity contribution in [1.29, 1.82) is 0 Å². The van der Waals surface area contributed by atoms with Crippen LogP contribution in [0.1, 0.15) is 18.5 Å². The van der Waals surface area contributed by atoms with Gasteiger partial charge in [-0.25, -0.2) is 4.39 Å². The summed E-state index contributed by atoms with van der Waals surface area (Å²) in [6.07, 6.45) is 3.99. The van der Waals surface area contributed by atoms with Gasteiger partial charge in [-0.1, -0.05) is 12.1 Å². The van der Waals surface area contributed by atoms with Crippen LogP contribution in [0.4, 0.5) is 4.39 Å². The van der Waals surface area contributed by atoms with Gasteiger partial charge in [0, 0.05) is 18.9 Å². The maximum Gasteiger partial charge on any atom is 0.244 e. The van der Waals surface area contributed by atoms with E-state index in [0.29, 0.717) is 13.0 Å². The molecule has 0 saturated carbocycles. The van der Waals surface area contributed by atoms with Gasteiger partial charge in [0.15, 0.2) is 0 Å². The van der Waals surface area contributed by atoms with Crippen molar-refractivity contribution < 1.29 is 9.18 Å². The molecule has 1 aromatic carbocycles. The maximum absolute atomic E-state index is 13.0. The van der Waals surface area contributed by atoms with Gasteiger partial charge in [0.2, 0.25) is 5.91 Å². The Labute approximate surface area is 111 Å². The highest BCUT2D eigenvalue weighted by atomic mass is 19.1. The molecule has 0 spiro atoms. The van der Waals surface area contributed by atoms with Crippen molar-refractivity contribution in [2.24, 2.45) is 0 Å². The second kappa shape index (κ2) is 6.13. The van der Waals surface area contributed by atoms with Crippen molar-refractivity contribution in [3.05, 3.63) is 54.1 Å². The van der Waals surface area contributed by atoms with Crippen LogP contribution in [0, 0.1) is 5.82 Å². The van der Waals surface area contributed by atoms with Gasteiger partial charge in [-0.05, 0) is 37.1 Å². The Kier molecular flexibility index (Phi) is 4.28. The van der Waals surface area contributed by atoms with Crippen LogP contribution in [0.2, 0.25) is 0 Å². The molecular formula is C14H16FN3O. The maximum atomic E-state index is 13.0. The minimum Gasteiger partial charge on any atom is -0.354 e. The molecule has 0 aliphatic rings. The molecule has 2 aromatic rings. The van der Waals surface area contributed by atoms with Crippen LogP contribution in [0.3, 0.4) is 0 Å². The van der Waals surface area contributed by atoms with Crippen molar-refractivity contribution in [1.82, 2.24) is 15.1 Å². The highest BCUT2D eigenvalue weighted by Gasteiger charge is 2.13. The molecule has 1 N–H and O–H groups in total. The van der Waals surface area contributed by atoms with E-state index in [1.807, 2.05) is 6.07 Å². The predicted molar refractivity (Wildman–Crippen MR) is 70.1 cm³/mol. The van der Waals surface area contributed by atoms with E-state index in [-0.39, 0.29) is 17.8 Å². The Morgan fingerprint density at radius 1 is 1.47 bits per heavy atom. The van der Waals surface area contributed by atoms with Crippen molar-refractivity contribution in [2.75, 3.05) is 6.54 Å². The van der Waals surface area contributed by atoms with Crippen molar-refractivity contribution >= 4 is 5.91 Å². The summed E-state index contributed by atoms with van der Waals surface area (Å²) in [4.78, 5) is 11.9. The summed E-state index contributed by atoms with van der Waals surface area (Å²) in [5, 5.41) is 6.84. The number of nitrogens with one attached hydrogen (secondary N) is 1. The average Bonchev–Trinajstić information content (AvgIpc) is 2.91. The molecule has 100 valence electrons. The minimum atomic E-state index is -0.345. The van der Waals surface area contributed by atoms with E-state index in [4.69, 9.17) is 0 Å². The topological polar surface area (TPSA) is 46.9 Å². The molecule has 1 heterocycles. The zero-order valence-corrected chi connectivity index (χ0v) is 10.7. The summed E-state index contributed by atoms with van der Waals surface area (Å²) in [6, 6.07) is 7.81. The lowest BCUT2D eigenvalue weighted by Gasteiger charge is -2.12. The van der Waals surface area contributed by atoms with E-state index in [2.05, 4.69) is 10.4 Å². The Morgan fingerprint density at radius 3 is 3.00 bits per heavy atom. The first-order valence-electron chi connectivity index (χ1n) is 6.18. The van der Waals surface area contributed by atoms with Crippen molar-refractivity contribution in [2.45, 2.75) is 19.4 Å². The summed E-state index contributed by atoms with van der Waals surface area (Å²) < 4.78 is 14.6. The third kappa shape index (κ3) is 3.64. The molecule has 0 bridgehead atoms. The molecule has 0 fully saturated rings. The van der Waals surface area contributed by atoms with Crippen molar-refractivity contribution in [3.8, 4) is 0 Å². The van der Waals surface area contributed by atoms with Gasteiger partial charge in [0.05, 0.1) is 0 Å². The third-order valence-electron chi connectivity index (χ3n) is 2.90. The first kappa shape index (κ1) is 13.3. The number of carbonyl (C=O) groups is 1. The average molecular weight is 261 g/mol. The van der Waals surface area contributed by atoms with Gasteiger partial charge < -0.3 is 5.32 Å². The number of hydrogen-bond acceptors (Lipinski definition) is 2. The van der Waals surface area contributed by atoms with Crippen LogP contribution in [0.15, 0.2) is 42.7 Å². The Bertz CT molecular complexity index is 539. The van der Waals surface area contributed by atoms with Gasteiger partial charge in [-0.3, -0.25) is 9.48 Å². The Morgan fingerprint density at radius 2 is 2.32 bits per heavy atom. The number of halogens is 1. The summed E-state index contributed by atoms with van der Waals surface area (Å²) >= 11 is 0. The van der Waals surface area contributed by atoms with E-state index in [9.17, 15) is 9.18 Å². The van der Waals surface area contributed by atoms with Crippen LogP contribution in [0.25, 0.3) is 0 Å². The number of benzene rings is 1. The zero-order chi connectivity index (χ0) is 13.7. The van der Waals surface area contributed by atoms with E-state index in [0.717, 1.165) is 5.56 Å². The molecule has 0 aliphatic carbocycles. The van der Waals surface area contributed by atoms with Crippen LogP contribution in [-0.2, 0) is 11.2 Å². The summed E-state index contributed by atoms with van der Waals surface area (Å²) in [7, 11) is 0. The number of carbonyl (C=O) groups excluding carboxylic acids is 1. The SMILES string of the molecule is CC(C(=O)NCCc1cccc(F)c1)n1cccn1. The van der Waals surface area contributed by atoms with Crippen LogP contribution in [-0.4, -0.2) is 22.2 Å². The molecule has 0 aliphatic heterocycles. The molecule has 1 aromatic heterocycles. The van der Waals surface area contributed by atoms with Crippen LogP contribution in [0.5, 0.6) is 0 Å². The van der Waals surface area contributed by atoms with E-state index >= 15 is 0 Å². The first-order chi connectivity index (χ1) is 9.16. The Balaban J connectivity index is 1.81. The van der Waals surface area contributed by atoms with Crippen LogP contribution >= 0.6 is 0 Å². The summed E-state index contributed by atoms with van der Waals surface area (Å²) in [5.41, 5.74) is 0.868. The van der Waals surface area contributed by atoms with Gasteiger partial charge >= 0.3 is 0 Å². The third-order valence-corrected chi connectivity index (χ3v) is 2.90. The molecule has 1 unspecified atom stereocenters. The first-order valence-corrected chi connectivity index (χ1v) is 6.18. The molecular weight excluding hydrogens is 245 g/mol. The Hall–Kier alpha value is -2.17. The molecule has 2 rings (SSSR count). The number of hydrogen-bond donors (Lipinski definition) is 1. The monoisotopic (exact) mass is 261 g/mol. The van der Waals surface area contributed by atoms with E-state index < -0.39 is 0 Å². The van der Waals surface area contributed by atoms with E-state index in [1.165, 1.54) is 12.1 Å². The highest BCUT2D eigenvalue weighted by Crippen LogP contribution is 2.05. The summed E-state index contributed by atoms with van der Waals surface area (Å²) in [6.45, 7) is 2.26. The molecule has 4 nitrogen and oxygen atoms in total. The second-order valence-corrected chi connectivity index (χ2v) is 4.33. The smallest absolute Gasteiger partial charge is 0.244 e. The lowest BCUT2D eigenvalue weighted by Crippen LogP contribution is -2.32. The fraction of sp³-hybridized carbons (Fsp3) is 0.286. The number of amides is 1. The number of aromatic nitrogens is 2. The normalized spacial score (nSPS) is 12.1. The molecule has 1 atom stereocenters. The van der Waals surface area contributed by atoms with E-state index in [1.54, 1.807) is 36.1 Å². The van der Waals surface area contributed by atoms with Gasteiger partial charge in [0.1, 0.15) is 11.9 Å². The molecule has 19 heavy (non-hydrogen) atoms. The summed E-state index contributed by atoms with van der Waals surface area (Å²) in [5.74, 6) is -0.353. The van der Waals surface area contributed by atoms with Crippen LogP contribution < -0.4 is 5.32 Å². The van der Waals surface area contributed by atoms with Crippen molar-refractivity contribution in [3.63, 3.8) is 0 Å². The minimum absolute atomic E-state index is 0.0971. The largest absolute Gasteiger partial charge is 0.354 e. The van der Waals surface area contributed by atoms with Gasteiger partial charge in [-0.15, -0.1) is 0 Å².